The zero-order valence-electron chi connectivity index (χ0n) is 14.5. The van der Waals surface area contributed by atoms with Gasteiger partial charge in [0, 0.05) is 38.9 Å². The molecule has 0 spiro atoms. The van der Waals surface area contributed by atoms with Crippen LogP contribution in [0, 0.1) is 6.92 Å². The summed E-state index contributed by atoms with van der Waals surface area (Å²) >= 11 is 0. The minimum atomic E-state index is -0.0504. The lowest BCUT2D eigenvalue weighted by Crippen LogP contribution is -2.47. The second-order valence-corrected chi connectivity index (χ2v) is 6.06. The molecule has 9 nitrogen and oxygen atoms in total. The number of hydrogen-bond donors (Lipinski definition) is 2. The molecule has 0 aliphatic carbocycles. The summed E-state index contributed by atoms with van der Waals surface area (Å²) in [6, 6.07) is 5.54. The van der Waals surface area contributed by atoms with E-state index in [9.17, 15) is 4.79 Å². The molecule has 1 unspecified atom stereocenters. The number of hydrogen-bond acceptors (Lipinski definition) is 7. The molecule has 1 fully saturated rings. The summed E-state index contributed by atoms with van der Waals surface area (Å²) in [5.74, 6) is 1.37. The van der Waals surface area contributed by atoms with E-state index >= 15 is 0 Å². The molecule has 2 N–H and O–H groups in total. The Hall–Kier alpha value is -2.52. The highest BCUT2D eigenvalue weighted by Crippen LogP contribution is 2.10. The van der Waals surface area contributed by atoms with Crippen LogP contribution in [0.3, 0.4) is 0 Å². The molecule has 9 heteroatoms. The van der Waals surface area contributed by atoms with Crippen molar-refractivity contribution in [3.8, 4) is 0 Å². The van der Waals surface area contributed by atoms with Crippen molar-refractivity contribution in [3.63, 3.8) is 0 Å². The molecular weight excluding hydrogens is 322 g/mol. The van der Waals surface area contributed by atoms with Gasteiger partial charge in [-0.25, -0.2) is 0 Å². The third kappa shape index (κ3) is 4.97. The number of aromatic nitrogens is 4. The van der Waals surface area contributed by atoms with Gasteiger partial charge in [-0.15, -0.1) is 5.10 Å². The Labute approximate surface area is 146 Å². The lowest BCUT2D eigenvalue weighted by atomic mass is 10.2. The van der Waals surface area contributed by atoms with Gasteiger partial charge in [-0.2, -0.15) is 10.2 Å². The highest BCUT2D eigenvalue weighted by molar-refractivity contribution is 5.91. The number of rotatable bonds is 6. The first-order valence-corrected chi connectivity index (χ1v) is 8.26. The van der Waals surface area contributed by atoms with Gasteiger partial charge in [-0.1, -0.05) is 0 Å². The standard InChI is InChI=1S/C16H23N7O2/c1-12-8-15(22(2)21-12)19-16(24)11-23-6-7-25-13(10-23)9-17-14-4-3-5-18-20-14/h3-5,8,13H,6-7,9-11H2,1-2H3,(H,17,20)(H,19,24). The van der Waals surface area contributed by atoms with E-state index in [1.54, 1.807) is 10.9 Å². The Kier molecular flexibility index (Phi) is 5.56. The van der Waals surface area contributed by atoms with Gasteiger partial charge in [-0.05, 0) is 19.1 Å². The number of anilines is 2. The van der Waals surface area contributed by atoms with Crippen LogP contribution >= 0.6 is 0 Å². The fourth-order valence-electron chi connectivity index (χ4n) is 2.77. The highest BCUT2D eigenvalue weighted by atomic mass is 16.5. The van der Waals surface area contributed by atoms with E-state index in [2.05, 4.69) is 30.8 Å². The summed E-state index contributed by atoms with van der Waals surface area (Å²) in [7, 11) is 1.81. The molecule has 1 aliphatic rings. The van der Waals surface area contributed by atoms with Crippen LogP contribution in [0.2, 0.25) is 0 Å². The molecule has 2 aromatic rings. The van der Waals surface area contributed by atoms with Gasteiger partial charge >= 0.3 is 0 Å². The second-order valence-electron chi connectivity index (χ2n) is 6.06. The molecule has 0 saturated carbocycles. The van der Waals surface area contributed by atoms with Crippen LogP contribution in [0.1, 0.15) is 5.69 Å². The Morgan fingerprint density at radius 1 is 1.48 bits per heavy atom. The molecule has 1 saturated heterocycles. The van der Waals surface area contributed by atoms with E-state index in [0.29, 0.717) is 37.9 Å². The van der Waals surface area contributed by atoms with Crippen LogP contribution in [0.25, 0.3) is 0 Å². The lowest BCUT2D eigenvalue weighted by Gasteiger charge is -2.32. The van der Waals surface area contributed by atoms with Crippen molar-refractivity contribution in [1.82, 2.24) is 24.9 Å². The molecule has 1 atom stereocenters. The number of ether oxygens (including phenoxy) is 1. The summed E-state index contributed by atoms with van der Waals surface area (Å²) in [6.07, 6.45) is 1.63. The largest absolute Gasteiger partial charge is 0.374 e. The summed E-state index contributed by atoms with van der Waals surface area (Å²) in [5.41, 5.74) is 0.874. The first-order chi connectivity index (χ1) is 12.1. The van der Waals surface area contributed by atoms with Gasteiger partial charge in [-0.3, -0.25) is 14.4 Å². The van der Waals surface area contributed by atoms with Gasteiger partial charge in [0.15, 0.2) is 0 Å². The fourth-order valence-corrected chi connectivity index (χ4v) is 2.77. The first-order valence-electron chi connectivity index (χ1n) is 8.26. The van der Waals surface area contributed by atoms with Crippen LogP contribution in [0.4, 0.5) is 11.6 Å². The highest BCUT2D eigenvalue weighted by Gasteiger charge is 2.22. The van der Waals surface area contributed by atoms with E-state index in [4.69, 9.17) is 4.74 Å². The molecule has 25 heavy (non-hydrogen) atoms. The third-order valence-corrected chi connectivity index (χ3v) is 3.94. The van der Waals surface area contributed by atoms with Crippen LogP contribution in [-0.2, 0) is 16.6 Å². The maximum Gasteiger partial charge on any atom is 0.239 e. The van der Waals surface area contributed by atoms with Crippen molar-refractivity contribution in [2.24, 2.45) is 7.05 Å². The Morgan fingerprint density at radius 3 is 3.08 bits per heavy atom. The van der Waals surface area contributed by atoms with E-state index in [-0.39, 0.29) is 12.0 Å². The maximum absolute atomic E-state index is 12.3. The molecule has 0 aromatic carbocycles. The van der Waals surface area contributed by atoms with E-state index < -0.39 is 0 Å². The molecule has 1 amide bonds. The zero-order valence-corrected chi connectivity index (χ0v) is 14.5. The minimum absolute atomic E-state index is 0.00232. The predicted octanol–water partition coefficient (Wildman–Crippen LogP) is 0.270. The quantitative estimate of drug-likeness (QED) is 0.775. The van der Waals surface area contributed by atoms with Gasteiger partial charge < -0.3 is 15.4 Å². The molecule has 3 heterocycles. The Morgan fingerprint density at radius 2 is 2.36 bits per heavy atom. The number of morpholine rings is 1. The van der Waals surface area contributed by atoms with E-state index in [1.165, 1.54) is 0 Å². The average molecular weight is 345 g/mol. The monoisotopic (exact) mass is 345 g/mol. The van der Waals surface area contributed by atoms with Gasteiger partial charge in [0.05, 0.1) is 24.9 Å². The zero-order chi connectivity index (χ0) is 17.6. The minimum Gasteiger partial charge on any atom is -0.374 e. The molecular formula is C16H23N7O2. The van der Waals surface area contributed by atoms with Crippen LogP contribution in [0.5, 0.6) is 0 Å². The normalized spacial score (nSPS) is 18.1. The number of aryl methyl sites for hydroxylation is 2. The van der Waals surface area contributed by atoms with Crippen molar-refractivity contribution in [3.05, 3.63) is 30.1 Å². The van der Waals surface area contributed by atoms with Gasteiger partial charge in [0.1, 0.15) is 11.6 Å². The molecule has 0 bridgehead atoms. The van der Waals surface area contributed by atoms with Crippen molar-refractivity contribution in [1.29, 1.82) is 0 Å². The summed E-state index contributed by atoms with van der Waals surface area (Å²) in [4.78, 5) is 14.3. The molecule has 2 aromatic heterocycles. The van der Waals surface area contributed by atoms with Crippen molar-refractivity contribution in [2.45, 2.75) is 13.0 Å². The second kappa shape index (κ2) is 8.04. The fraction of sp³-hybridized carbons (Fsp3) is 0.500. The number of nitrogens with zero attached hydrogens (tertiary/aromatic N) is 5. The van der Waals surface area contributed by atoms with Gasteiger partial charge in [0.25, 0.3) is 0 Å². The van der Waals surface area contributed by atoms with Gasteiger partial charge in [0.2, 0.25) is 5.91 Å². The SMILES string of the molecule is Cc1cc(NC(=O)CN2CCOC(CNc3cccnn3)C2)n(C)n1. The molecule has 3 rings (SSSR count). The Balaban J connectivity index is 1.46. The molecule has 134 valence electrons. The van der Waals surface area contributed by atoms with Crippen molar-refractivity contribution < 1.29 is 9.53 Å². The van der Waals surface area contributed by atoms with Crippen LogP contribution < -0.4 is 10.6 Å². The van der Waals surface area contributed by atoms with Crippen LogP contribution in [0.15, 0.2) is 24.4 Å². The first kappa shape index (κ1) is 17.3. The number of carbonyl (C=O) groups excluding carboxylic acids is 1. The van der Waals surface area contributed by atoms with Crippen LogP contribution in [-0.4, -0.2) is 69.7 Å². The van der Waals surface area contributed by atoms with E-state index in [0.717, 1.165) is 12.2 Å². The van der Waals surface area contributed by atoms with Crippen molar-refractivity contribution >= 4 is 17.5 Å². The number of carbonyl (C=O) groups is 1. The average Bonchev–Trinajstić information content (AvgIpc) is 2.91. The topological polar surface area (TPSA) is 97.2 Å². The molecule has 0 radical (unpaired) electrons. The number of nitrogens with one attached hydrogen (secondary N) is 2. The lowest BCUT2D eigenvalue weighted by molar-refractivity contribution is -0.119. The third-order valence-electron chi connectivity index (χ3n) is 3.94. The van der Waals surface area contributed by atoms with Crippen molar-refractivity contribution in [2.75, 3.05) is 43.4 Å². The maximum atomic E-state index is 12.3. The summed E-state index contributed by atoms with van der Waals surface area (Å²) in [5, 5.41) is 18.1. The smallest absolute Gasteiger partial charge is 0.239 e. The summed E-state index contributed by atoms with van der Waals surface area (Å²) < 4.78 is 7.42. The molecule has 1 aliphatic heterocycles. The Bertz CT molecular complexity index is 704. The summed E-state index contributed by atoms with van der Waals surface area (Å²) in [6.45, 7) is 4.87. The van der Waals surface area contributed by atoms with E-state index in [1.807, 2.05) is 32.2 Å². The number of amides is 1. The predicted molar refractivity (Wildman–Crippen MR) is 93.3 cm³/mol.